The van der Waals surface area contributed by atoms with E-state index in [1.165, 1.54) is 23.1 Å². The number of carboxylic acid groups (broad SMARTS) is 1. The molecule has 1 fully saturated rings. The van der Waals surface area contributed by atoms with Crippen LogP contribution in [0.5, 0.6) is 0 Å². The van der Waals surface area contributed by atoms with Gasteiger partial charge in [0.1, 0.15) is 6.10 Å². The minimum Gasteiger partial charge on any atom is -0.478 e. The number of aromatic nitrogens is 1. The van der Waals surface area contributed by atoms with E-state index in [0.717, 1.165) is 12.8 Å². The average Bonchev–Trinajstić information content (AvgIpc) is 2.68. The number of pyridine rings is 1. The van der Waals surface area contributed by atoms with E-state index in [4.69, 9.17) is 27.9 Å². The summed E-state index contributed by atoms with van der Waals surface area (Å²) in [5.74, 6) is -0.900. The zero-order chi connectivity index (χ0) is 19.4. The standard InChI is InChI=1S/C19H18Cl2N2O4/c20-13-7-6-12(19(25)26)10-15(13)23(18-14(21)4-3-8-22-18)11-16(24)17-5-1-2-9-27-17/h3-4,6-8,10,17H,1-2,5,9,11H2,(H,25,26). The number of halogens is 2. The van der Waals surface area contributed by atoms with Crippen LogP contribution in [-0.4, -0.2) is 41.1 Å². The Morgan fingerprint density at radius 2 is 2.04 bits per heavy atom. The SMILES string of the molecule is O=C(O)c1ccc(Cl)c(N(CC(=O)C2CCCCO2)c2ncccc2Cl)c1. The van der Waals surface area contributed by atoms with Crippen molar-refractivity contribution in [1.29, 1.82) is 0 Å². The summed E-state index contributed by atoms with van der Waals surface area (Å²) in [7, 11) is 0. The molecule has 2 heterocycles. The molecule has 142 valence electrons. The highest BCUT2D eigenvalue weighted by Gasteiger charge is 2.27. The predicted octanol–water partition coefficient (Wildman–Crippen LogP) is 4.36. The number of hydrogen-bond donors (Lipinski definition) is 1. The number of carboxylic acids is 1. The maximum absolute atomic E-state index is 12.8. The molecule has 27 heavy (non-hydrogen) atoms. The van der Waals surface area contributed by atoms with Gasteiger partial charge in [-0.1, -0.05) is 23.2 Å². The average molecular weight is 409 g/mol. The predicted molar refractivity (Wildman–Crippen MR) is 103 cm³/mol. The lowest BCUT2D eigenvalue weighted by molar-refractivity contribution is -0.131. The van der Waals surface area contributed by atoms with E-state index in [2.05, 4.69) is 4.98 Å². The van der Waals surface area contributed by atoms with Crippen molar-refractivity contribution < 1.29 is 19.4 Å². The Morgan fingerprint density at radius 3 is 2.70 bits per heavy atom. The summed E-state index contributed by atoms with van der Waals surface area (Å²) >= 11 is 12.6. The molecule has 1 aliphatic rings. The largest absolute Gasteiger partial charge is 0.478 e. The molecule has 2 aromatic rings. The molecule has 1 aromatic heterocycles. The number of carbonyl (C=O) groups is 2. The lowest BCUT2D eigenvalue weighted by Gasteiger charge is -2.28. The van der Waals surface area contributed by atoms with E-state index in [0.29, 0.717) is 34.6 Å². The molecule has 1 aliphatic heterocycles. The van der Waals surface area contributed by atoms with Gasteiger partial charge in [-0.25, -0.2) is 9.78 Å². The van der Waals surface area contributed by atoms with Gasteiger partial charge in [-0.15, -0.1) is 0 Å². The topological polar surface area (TPSA) is 79.7 Å². The van der Waals surface area contributed by atoms with Crippen molar-refractivity contribution in [1.82, 2.24) is 4.98 Å². The van der Waals surface area contributed by atoms with E-state index in [1.807, 2.05) is 0 Å². The van der Waals surface area contributed by atoms with E-state index < -0.39 is 12.1 Å². The maximum atomic E-state index is 12.8. The minimum atomic E-state index is -1.10. The van der Waals surface area contributed by atoms with Crippen molar-refractivity contribution >= 4 is 46.5 Å². The van der Waals surface area contributed by atoms with Gasteiger partial charge in [0, 0.05) is 12.8 Å². The Balaban J connectivity index is 2.00. The number of carbonyl (C=O) groups excluding carboxylic acids is 1. The zero-order valence-electron chi connectivity index (χ0n) is 14.4. The molecule has 1 N–H and O–H groups in total. The number of ketones is 1. The first kappa shape index (κ1) is 19.6. The summed E-state index contributed by atoms with van der Waals surface area (Å²) in [6, 6.07) is 7.60. The van der Waals surface area contributed by atoms with Crippen LogP contribution in [-0.2, 0) is 9.53 Å². The molecule has 3 rings (SSSR count). The van der Waals surface area contributed by atoms with Gasteiger partial charge >= 0.3 is 5.97 Å². The molecule has 1 unspecified atom stereocenters. The first-order valence-electron chi connectivity index (χ1n) is 8.52. The molecule has 0 amide bonds. The molecule has 0 saturated carbocycles. The van der Waals surface area contributed by atoms with Gasteiger partial charge in [-0.2, -0.15) is 0 Å². The molecule has 6 nitrogen and oxygen atoms in total. The zero-order valence-corrected chi connectivity index (χ0v) is 15.9. The number of benzene rings is 1. The third kappa shape index (κ3) is 4.58. The van der Waals surface area contributed by atoms with Gasteiger partial charge in [-0.3, -0.25) is 4.79 Å². The number of anilines is 2. The van der Waals surface area contributed by atoms with Crippen LogP contribution in [0.1, 0.15) is 29.6 Å². The van der Waals surface area contributed by atoms with Crippen LogP contribution >= 0.6 is 23.2 Å². The van der Waals surface area contributed by atoms with Gasteiger partial charge in [0.15, 0.2) is 11.6 Å². The molecular formula is C19H18Cl2N2O4. The van der Waals surface area contributed by atoms with Crippen molar-refractivity contribution in [3.05, 3.63) is 52.1 Å². The molecule has 1 saturated heterocycles. The van der Waals surface area contributed by atoms with Gasteiger partial charge in [0.05, 0.1) is 27.8 Å². The second kappa shape index (κ2) is 8.69. The minimum absolute atomic E-state index is 0.0489. The number of aromatic carboxylic acids is 1. The number of ether oxygens (including phenoxy) is 1. The number of hydrogen-bond acceptors (Lipinski definition) is 5. The fraction of sp³-hybridized carbons (Fsp3) is 0.316. The maximum Gasteiger partial charge on any atom is 0.335 e. The van der Waals surface area contributed by atoms with Crippen molar-refractivity contribution in [3.63, 3.8) is 0 Å². The monoisotopic (exact) mass is 408 g/mol. The van der Waals surface area contributed by atoms with Crippen LogP contribution in [0.2, 0.25) is 10.0 Å². The second-order valence-corrected chi connectivity index (χ2v) is 7.00. The van der Waals surface area contributed by atoms with E-state index in [9.17, 15) is 14.7 Å². The third-order valence-electron chi connectivity index (χ3n) is 4.33. The van der Waals surface area contributed by atoms with Crippen molar-refractivity contribution in [3.8, 4) is 0 Å². The molecule has 0 bridgehead atoms. The highest BCUT2D eigenvalue weighted by molar-refractivity contribution is 6.35. The van der Waals surface area contributed by atoms with E-state index in [-0.39, 0.29) is 17.9 Å². The summed E-state index contributed by atoms with van der Waals surface area (Å²) in [4.78, 5) is 30.0. The molecule has 1 atom stereocenters. The Labute approximate surface area is 166 Å². The molecule has 8 heteroatoms. The van der Waals surface area contributed by atoms with Crippen LogP contribution in [0.25, 0.3) is 0 Å². The van der Waals surface area contributed by atoms with Crippen LogP contribution in [0, 0.1) is 0 Å². The first-order valence-corrected chi connectivity index (χ1v) is 9.28. The van der Waals surface area contributed by atoms with Crippen LogP contribution in [0.3, 0.4) is 0 Å². The smallest absolute Gasteiger partial charge is 0.335 e. The lowest BCUT2D eigenvalue weighted by atomic mass is 10.0. The quantitative estimate of drug-likeness (QED) is 0.764. The van der Waals surface area contributed by atoms with Crippen molar-refractivity contribution in [2.45, 2.75) is 25.4 Å². The van der Waals surface area contributed by atoms with Crippen LogP contribution in [0.4, 0.5) is 11.5 Å². The Morgan fingerprint density at radius 1 is 1.22 bits per heavy atom. The Kier molecular flexibility index (Phi) is 6.31. The third-order valence-corrected chi connectivity index (χ3v) is 4.95. The Bertz CT molecular complexity index is 853. The second-order valence-electron chi connectivity index (χ2n) is 6.19. The fourth-order valence-electron chi connectivity index (χ4n) is 2.95. The van der Waals surface area contributed by atoms with Gasteiger partial charge < -0.3 is 14.7 Å². The van der Waals surface area contributed by atoms with E-state index in [1.54, 1.807) is 18.3 Å². The fourth-order valence-corrected chi connectivity index (χ4v) is 3.40. The number of Topliss-reactive ketones (excluding diaryl/α,β-unsaturated/α-hetero) is 1. The summed E-state index contributed by atoms with van der Waals surface area (Å²) in [6.07, 6.45) is 3.57. The summed E-state index contributed by atoms with van der Waals surface area (Å²) in [5, 5.41) is 9.92. The first-order chi connectivity index (χ1) is 13.0. The van der Waals surface area contributed by atoms with Gasteiger partial charge in [0.25, 0.3) is 0 Å². The van der Waals surface area contributed by atoms with Crippen molar-refractivity contribution in [2.75, 3.05) is 18.1 Å². The van der Waals surface area contributed by atoms with Crippen LogP contribution in [0.15, 0.2) is 36.5 Å². The highest BCUT2D eigenvalue weighted by atomic mass is 35.5. The molecule has 1 aromatic carbocycles. The molecule has 0 aliphatic carbocycles. The van der Waals surface area contributed by atoms with Crippen LogP contribution < -0.4 is 4.90 Å². The van der Waals surface area contributed by atoms with Crippen molar-refractivity contribution in [2.24, 2.45) is 0 Å². The summed E-state index contributed by atoms with van der Waals surface area (Å²) < 4.78 is 5.58. The van der Waals surface area contributed by atoms with E-state index >= 15 is 0 Å². The van der Waals surface area contributed by atoms with Gasteiger partial charge in [0.2, 0.25) is 0 Å². The number of rotatable bonds is 6. The lowest BCUT2D eigenvalue weighted by Crippen LogP contribution is -2.37. The molecule has 0 spiro atoms. The normalized spacial score (nSPS) is 16.7. The molecule has 0 radical (unpaired) electrons. The van der Waals surface area contributed by atoms with Gasteiger partial charge in [-0.05, 0) is 49.6 Å². The highest BCUT2D eigenvalue weighted by Crippen LogP contribution is 2.35. The number of nitrogens with zero attached hydrogens (tertiary/aromatic N) is 2. The Hall–Kier alpha value is -2.15. The summed E-state index contributed by atoms with van der Waals surface area (Å²) in [6.45, 7) is 0.472. The molecular weight excluding hydrogens is 391 g/mol. The summed E-state index contributed by atoms with van der Waals surface area (Å²) in [5.41, 5.74) is 0.397.